The number of aliphatic carboxylic acids is 1. The molecule has 0 bridgehead atoms. The monoisotopic (exact) mass is 272 g/mol. The standard InChI is InChI=1S/C9H6F2N4O2S/c10-5-1-6(11)3-7(2-5)15-9(12-13-14-15)18-4-8(16)17/h1-3H,4H2,(H,16,17). The highest BCUT2D eigenvalue weighted by Gasteiger charge is 2.12. The fraction of sp³-hybridized carbons (Fsp3) is 0.111. The van der Waals surface area contributed by atoms with Crippen LogP contribution in [0.5, 0.6) is 0 Å². The Kier molecular flexibility index (Phi) is 3.51. The smallest absolute Gasteiger partial charge is 0.313 e. The molecule has 0 spiro atoms. The van der Waals surface area contributed by atoms with E-state index in [2.05, 4.69) is 15.5 Å². The molecule has 0 radical (unpaired) electrons. The average Bonchev–Trinajstić information content (AvgIpc) is 2.72. The molecule has 1 N–H and O–H groups in total. The molecule has 1 aromatic carbocycles. The van der Waals surface area contributed by atoms with E-state index in [1.807, 2.05) is 0 Å². The van der Waals surface area contributed by atoms with Crippen LogP contribution in [0, 0.1) is 11.6 Å². The Morgan fingerprint density at radius 3 is 2.61 bits per heavy atom. The number of nitrogens with zero attached hydrogens (tertiary/aromatic N) is 4. The summed E-state index contributed by atoms with van der Waals surface area (Å²) < 4.78 is 27.2. The van der Waals surface area contributed by atoms with Crippen LogP contribution in [0.25, 0.3) is 5.69 Å². The normalized spacial score (nSPS) is 10.6. The minimum atomic E-state index is -1.04. The number of carboxylic acid groups (broad SMARTS) is 1. The summed E-state index contributed by atoms with van der Waals surface area (Å²) in [7, 11) is 0. The molecule has 2 aromatic rings. The van der Waals surface area contributed by atoms with Crippen LogP contribution >= 0.6 is 11.8 Å². The Morgan fingerprint density at radius 1 is 1.33 bits per heavy atom. The van der Waals surface area contributed by atoms with Gasteiger partial charge in [0, 0.05) is 6.07 Å². The molecule has 6 nitrogen and oxygen atoms in total. The minimum absolute atomic E-state index is 0.0883. The third kappa shape index (κ3) is 2.80. The van der Waals surface area contributed by atoms with Crippen LogP contribution in [0.2, 0.25) is 0 Å². The first-order valence-electron chi connectivity index (χ1n) is 4.65. The van der Waals surface area contributed by atoms with Crippen molar-refractivity contribution >= 4 is 17.7 Å². The first-order chi connectivity index (χ1) is 8.56. The first-order valence-corrected chi connectivity index (χ1v) is 5.64. The minimum Gasteiger partial charge on any atom is -0.481 e. The third-order valence-corrected chi connectivity index (χ3v) is 2.76. The summed E-state index contributed by atoms with van der Waals surface area (Å²) in [5, 5.41) is 19.2. The summed E-state index contributed by atoms with van der Waals surface area (Å²) >= 11 is 0.851. The lowest BCUT2D eigenvalue weighted by molar-refractivity contribution is -0.133. The van der Waals surface area contributed by atoms with Crippen molar-refractivity contribution in [2.45, 2.75) is 5.16 Å². The molecule has 1 heterocycles. The Bertz CT molecular complexity index is 569. The van der Waals surface area contributed by atoms with E-state index < -0.39 is 17.6 Å². The van der Waals surface area contributed by atoms with Crippen LogP contribution in [-0.4, -0.2) is 37.0 Å². The van der Waals surface area contributed by atoms with Crippen LogP contribution < -0.4 is 0 Å². The second-order valence-electron chi connectivity index (χ2n) is 3.18. The van der Waals surface area contributed by atoms with Crippen LogP contribution in [-0.2, 0) is 4.79 Å². The lowest BCUT2D eigenvalue weighted by atomic mass is 10.3. The number of hydrogen-bond acceptors (Lipinski definition) is 5. The summed E-state index contributed by atoms with van der Waals surface area (Å²) in [6, 6.07) is 2.81. The SMILES string of the molecule is O=C(O)CSc1nnnn1-c1cc(F)cc(F)c1. The highest BCUT2D eigenvalue weighted by Crippen LogP contribution is 2.19. The van der Waals surface area contributed by atoms with E-state index in [9.17, 15) is 13.6 Å². The van der Waals surface area contributed by atoms with E-state index in [1.54, 1.807) is 0 Å². The fourth-order valence-corrected chi connectivity index (χ4v) is 1.83. The van der Waals surface area contributed by atoms with Crippen molar-refractivity contribution in [1.29, 1.82) is 0 Å². The number of halogens is 2. The van der Waals surface area contributed by atoms with Crippen LogP contribution in [0.3, 0.4) is 0 Å². The molecule has 0 aliphatic rings. The van der Waals surface area contributed by atoms with Crippen molar-refractivity contribution in [2.24, 2.45) is 0 Å². The molecular weight excluding hydrogens is 266 g/mol. The molecule has 9 heteroatoms. The van der Waals surface area contributed by atoms with E-state index in [0.717, 1.165) is 34.6 Å². The van der Waals surface area contributed by atoms with E-state index in [4.69, 9.17) is 5.11 Å². The van der Waals surface area contributed by atoms with E-state index in [1.165, 1.54) is 0 Å². The zero-order valence-corrected chi connectivity index (χ0v) is 9.56. The summed E-state index contributed by atoms with van der Waals surface area (Å²) in [6.07, 6.45) is 0. The number of thioether (sulfide) groups is 1. The Labute approximate surface area is 104 Å². The van der Waals surface area contributed by atoms with Gasteiger partial charge in [0.05, 0.1) is 11.4 Å². The number of benzene rings is 1. The van der Waals surface area contributed by atoms with Crippen LogP contribution in [0.4, 0.5) is 8.78 Å². The van der Waals surface area contributed by atoms with Gasteiger partial charge in [-0.25, -0.2) is 8.78 Å². The maximum atomic E-state index is 13.0. The van der Waals surface area contributed by atoms with Gasteiger partial charge < -0.3 is 5.11 Å². The van der Waals surface area contributed by atoms with Crippen molar-refractivity contribution in [1.82, 2.24) is 20.2 Å². The third-order valence-electron chi connectivity index (χ3n) is 1.86. The second kappa shape index (κ2) is 5.08. The lowest BCUT2D eigenvalue weighted by Crippen LogP contribution is -2.03. The largest absolute Gasteiger partial charge is 0.481 e. The van der Waals surface area contributed by atoms with E-state index >= 15 is 0 Å². The molecule has 18 heavy (non-hydrogen) atoms. The van der Waals surface area contributed by atoms with E-state index in [0.29, 0.717) is 0 Å². The quantitative estimate of drug-likeness (QED) is 0.840. The van der Waals surface area contributed by atoms with Gasteiger partial charge in [-0.3, -0.25) is 4.79 Å². The highest BCUT2D eigenvalue weighted by atomic mass is 32.2. The number of carbonyl (C=O) groups is 1. The molecule has 0 saturated heterocycles. The van der Waals surface area contributed by atoms with Gasteiger partial charge in [0.2, 0.25) is 5.16 Å². The highest BCUT2D eigenvalue weighted by molar-refractivity contribution is 7.99. The number of aromatic nitrogens is 4. The zero-order valence-electron chi connectivity index (χ0n) is 8.75. The molecule has 94 valence electrons. The van der Waals surface area contributed by atoms with Gasteiger partial charge in [0.25, 0.3) is 0 Å². The summed E-state index contributed by atoms with van der Waals surface area (Å²) in [4.78, 5) is 10.4. The van der Waals surface area contributed by atoms with Gasteiger partial charge in [0.15, 0.2) is 0 Å². The van der Waals surface area contributed by atoms with Crippen molar-refractivity contribution < 1.29 is 18.7 Å². The fourth-order valence-electron chi connectivity index (χ4n) is 1.22. The molecule has 0 aliphatic heterocycles. The molecule has 1 aromatic heterocycles. The van der Waals surface area contributed by atoms with Crippen molar-refractivity contribution in [2.75, 3.05) is 5.75 Å². The lowest BCUT2D eigenvalue weighted by Gasteiger charge is -2.03. The maximum absolute atomic E-state index is 13.0. The number of tetrazole rings is 1. The Morgan fingerprint density at radius 2 is 2.00 bits per heavy atom. The summed E-state index contributed by atoms with van der Waals surface area (Å²) in [6.45, 7) is 0. The van der Waals surface area contributed by atoms with E-state index in [-0.39, 0.29) is 16.6 Å². The molecule has 2 rings (SSSR count). The Balaban J connectivity index is 2.33. The number of carboxylic acids is 1. The molecule has 0 aliphatic carbocycles. The predicted molar refractivity (Wildman–Crippen MR) is 57.4 cm³/mol. The number of hydrogen-bond donors (Lipinski definition) is 1. The van der Waals surface area contributed by atoms with Gasteiger partial charge in [0.1, 0.15) is 11.6 Å². The molecule has 0 fully saturated rings. The Hall–Kier alpha value is -2.03. The van der Waals surface area contributed by atoms with Gasteiger partial charge in [-0.1, -0.05) is 11.8 Å². The molecular formula is C9H6F2N4O2S. The van der Waals surface area contributed by atoms with Gasteiger partial charge in [-0.05, 0) is 22.6 Å². The second-order valence-corrected chi connectivity index (χ2v) is 4.13. The molecule has 0 saturated carbocycles. The molecule has 0 unspecified atom stereocenters. The molecule has 0 amide bonds. The summed E-state index contributed by atoms with van der Waals surface area (Å²) in [5.74, 6) is -2.83. The topological polar surface area (TPSA) is 80.9 Å². The van der Waals surface area contributed by atoms with Crippen molar-refractivity contribution in [3.8, 4) is 5.69 Å². The van der Waals surface area contributed by atoms with Crippen molar-refractivity contribution in [3.63, 3.8) is 0 Å². The predicted octanol–water partition coefficient (Wildman–Crippen LogP) is 1.12. The van der Waals surface area contributed by atoms with Gasteiger partial charge in [-0.15, -0.1) is 5.10 Å². The average molecular weight is 272 g/mol. The summed E-state index contributed by atoms with van der Waals surface area (Å²) in [5.41, 5.74) is 0.0883. The van der Waals surface area contributed by atoms with Crippen LogP contribution in [0.15, 0.2) is 23.4 Å². The first kappa shape index (κ1) is 12.4. The van der Waals surface area contributed by atoms with Crippen molar-refractivity contribution in [3.05, 3.63) is 29.8 Å². The van der Waals surface area contributed by atoms with Crippen LogP contribution in [0.1, 0.15) is 0 Å². The zero-order chi connectivity index (χ0) is 13.1. The number of rotatable bonds is 4. The van der Waals surface area contributed by atoms with Gasteiger partial charge >= 0.3 is 5.97 Å². The van der Waals surface area contributed by atoms with Gasteiger partial charge in [-0.2, -0.15) is 4.68 Å². The molecule has 0 atom stereocenters. The maximum Gasteiger partial charge on any atom is 0.313 e.